The van der Waals surface area contributed by atoms with E-state index in [9.17, 15) is 4.79 Å². The third-order valence-corrected chi connectivity index (χ3v) is 6.38. The number of hydrogen-bond donors (Lipinski definition) is 0. The van der Waals surface area contributed by atoms with E-state index < -0.39 is 0 Å². The van der Waals surface area contributed by atoms with Crippen LogP contribution in [0.15, 0.2) is 54.6 Å². The maximum atomic E-state index is 13.3. The molecule has 0 radical (unpaired) electrons. The molecule has 0 saturated heterocycles. The molecule has 2 aromatic carbocycles. The summed E-state index contributed by atoms with van der Waals surface area (Å²) in [4.78, 5) is 19.9. The fourth-order valence-electron chi connectivity index (χ4n) is 3.70. The molecule has 0 fully saturated rings. The monoisotopic (exact) mass is 448 g/mol. The highest BCUT2D eigenvalue weighted by atomic mass is 32.1. The third kappa shape index (κ3) is 4.83. The average molecular weight is 449 g/mol. The van der Waals surface area contributed by atoms with E-state index in [0.29, 0.717) is 29.9 Å². The summed E-state index contributed by atoms with van der Waals surface area (Å²) in [6, 6.07) is 17.7. The van der Waals surface area contributed by atoms with Gasteiger partial charge in [-0.3, -0.25) is 14.4 Å². The number of aryl methyl sites for hydroxylation is 2. The molecule has 0 aliphatic carbocycles. The van der Waals surface area contributed by atoms with Gasteiger partial charge in [-0.25, -0.2) is 4.98 Å². The minimum Gasteiger partial charge on any atom is -0.484 e. The molecule has 0 aliphatic heterocycles. The summed E-state index contributed by atoms with van der Waals surface area (Å²) in [5.41, 5.74) is 4.20. The smallest absolute Gasteiger partial charge is 0.266 e. The van der Waals surface area contributed by atoms with Gasteiger partial charge < -0.3 is 4.74 Å². The van der Waals surface area contributed by atoms with E-state index >= 15 is 0 Å². The van der Waals surface area contributed by atoms with Crippen molar-refractivity contribution < 1.29 is 9.53 Å². The number of ether oxygens (including phenoxy) is 1. The Morgan fingerprint density at radius 2 is 1.91 bits per heavy atom. The Morgan fingerprint density at radius 1 is 1.12 bits per heavy atom. The Hall–Kier alpha value is -3.19. The first-order chi connectivity index (χ1) is 15.4. The second kappa shape index (κ2) is 9.53. The minimum absolute atomic E-state index is 0.0475. The van der Waals surface area contributed by atoms with Gasteiger partial charge in [0.05, 0.1) is 22.5 Å². The highest BCUT2D eigenvalue weighted by Crippen LogP contribution is 2.33. The zero-order valence-corrected chi connectivity index (χ0v) is 19.7. The number of rotatable bonds is 8. The van der Waals surface area contributed by atoms with E-state index in [-0.39, 0.29) is 12.5 Å². The van der Waals surface area contributed by atoms with Gasteiger partial charge in [-0.05, 0) is 49.6 Å². The first kappa shape index (κ1) is 22.0. The Kier molecular flexibility index (Phi) is 6.55. The lowest BCUT2D eigenvalue weighted by Gasteiger charge is -2.20. The molecular weight excluding hydrogens is 420 g/mol. The second-order valence-corrected chi connectivity index (χ2v) is 9.15. The number of aromatic nitrogens is 3. The lowest BCUT2D eigenvalue weighted by Crippen LogP contribution is -2.37. The molecule has 0 bridgehead atoms. The van der Waals surface area contributed by atoms with E-state index in [4.69, 9.17) is 9.72 Å². The van der Waals surface area contributed by atoms with Gasteiger partial charge in [-0.2, -0.15) is 5.10 Å². The van der Waals surface area contributed by atoms with Gasteiger partial charge in [-0.1, -0.05) is 55.5 Å². The summed E-state index contributed by atoms with van der Waals surface area (Å²) < 4.78 is 8.76. The van der Waals surface area contributed by atoms with Crippen LogP contribution < -0.4 is 9.64 Å². The number of benzene rings is 2. The summed E-state index contributed by atoms with van der Waals surface area (Å²) in [6.07, 6.45) is 0. The number of fused-ring (bicyclic) bond motifs is 1. The van der Waals surface area contributed by atoms with Crippen LogP contribution in [0, 0.1) is 13.8 Å². The van der Waals surface area contributed by atoms with Gasteiger partial charge in [-0.15, -0.1) is 0 Å². The van der Waals surface area contributed by atoms with Crippen LogP contribution in [0.2, 0.25) is 0 Å². The normalized spacial score (nSPS) is 11.3. The Balaban J connectivity index is 1.61. The van der Waals surface area contributed by atoms with Crippen LogP contribution in [0.4, 0.5) is 5.13 Å². The number of amides is 1. The number of anilines is 1. The van der Waals surface area contributed by atoms with Gasteiger partial charge in [0.15, 0.2) is 11.7 Å². The molecule has 4 rings (SSSR count). The number of nitrogens with zero attached hydrogens (tertiary/aromatic N) is 4. The van der Waals surface area contributed by atoms with Crippen LogP contribution in [0.25, 0.3) is 10.2 Å². The Bertz CT molecular complexity index is 1210. The van der Waals surface area contributed by atoms with Crippen LogP contribution >= 0.6 is 11.3 Å². The lowest BCUT2D eigenvalue weighted by atomic mass is 10.0. The molecule has 32 heavy (non-hydrogen) atoms. The van der Waals surface area contributed by atoms with Crippen molar-refractivity contribution in [2.24, 2.45) is 0 Å². The maximum Gasteiger partial charge on any atom is 0.266 e. The number of carbonyl (C=O) groups is 1. The van der Waals surface area contributed by atoms with Crippen molar-refractivity contribution in [2.75, 3.05) is 18.1 Å². The average Bonchev–Trinajstić information content (AvgIpc) is 3.35. The summed E-state index contributed by atoms with van der Waals surface area (Å²) in [6.45, 7) is 9.33. The molecule has 1 amide bonds. The molecule has 166 valence electrons. The molecule has 2 heterocycles. The minimum atomic E-state index is -0.125. The van der Waals surface area contributed by atoms with E-state index in [0.717, 1.165) is 21.6 Å². The van der Waals surface area contributed by atoms with Crippen molar-refractivity contribution in [3.05, 3.63) is 71.5 Å². The molecule has 0 aliphatic rings. The summed E-state index contributed by atoms with van der Waals surface area (Å²) in [7, 11) is 0. The number of carbonyl (C=O) groups excluding carboxylic acids is 1. The molecule has 0 N–H and O–H groups in total. The number of hydrogen-bond acceptors (Lipinski definition) is 5. The Labute approximate surface area is 192 Å². The zero-order valence-electron chi connectivity index (χ0n) is 18.9. The van der Waals surface area contributed by atoms with Gasteiger partial charge in [0.2, 0.25) is 0 Å². The SMILES string of the molecule is Cc1cc(C)n(CCN(C(=O)COc2ccccc2)c2nc3c(C(C)C)cccc3s2)n1. The van der Waals surface area contributed by atoms with Crippen molar-refractivity contribution in [1.29, 1.82) is 0 Å². The largest absolute Gasteiger partial charge is 0.484 e. The number of para-hydroxylation sites is 2. The van der Waals surface area contributed by atoms with Gasteiger partial charge in [0.1, 0.15) is 5.75 Å². The molecule has 0 spiro atoms. The van der Waals surface area contributed by atoms with E-state index in [1.807, 2.05) is 54.9 Å². The standard InChI is InChI=1S/C25H28N4O2S/c1-17(2)21-11-8-12-22-24(21)26-25(32-22)28(13-14-29-19(4)15-18(3)27-29)23(30)16-31-20-9-6-5-7-10-20/h5-12,15,17H,13-14,16H2,1-4H3. The van der Waals surface area contributed by atoms with Crippen molar-refractivity contribution in [2.45, 2.75) is 40.2 Å². The van der Waals surface area contributed by atoms with Crippen LogP contribution in [-0.2, 0) is 11.3 Å². The maximum absolute atomic E-state index is 13.3. The van der Waals surface area contributed by atoms with Crippen molar-refractivity contribution in [3.8, 4) is 5.75 Å². The second-order valence-electron chi connectivity index (χ2n) is 8.14. The van der Waals surface area contributed by atoms with Crippen LogP contribution in [-0.4, -0.2) is 33.8 Å². The van der Waals surface area contributed by atoms with E-state index in [2.05, 4.69) is 37.1 Å². The van der Waals surface area contributed by atoms with Crippen molar-refractivity contribution >= 4 is 32.6 Å². The predicted octanol–water partition coefficient (Wildman–Crippen LogP) is 5.35. The summed E-state index contributed by atoms with van der Waals surface area (Å²) in [5, 5.41) is 5.23. The van der Waals surface area contributed by atoms with E-state index in [1.165, 1.54) is 5.56 Å². The van der Waals surface area contributed by atoms with Crippen LogP contribution in [0.3, 0.4) is 0 Å². The van der Waals surface area contributed by atoms with Crippen LogP contribution in [0.1, 0.15) is 36.7 Å². The summed E-state index contributed by atoms with van der Waals surface area (Å²) in [5.74, 6) is 0.903. The fourth-order valence-corrected chi connectivity index (χ4v) is 4.75. The van der Waals surface area contributed by atoms with Crippen molar-refractivity contribution in [1.82, 2.24) is 14.8 Å². The molecule has 0 atom stereocenters. The zero-order chi connectivity index (χ0) is 22.7. The van der Waals surface area contributed by atoms with Gasteiger partial charge >= 0.3 is 0 Å². The first-order valence-corrected chi connectivity index (χ1v) is 11.6. The third-order valence-electron chi connectivity index (χ3n) is 5.34. The van der Waals surface area contributed by atoms with Gasteiger partial charge in [0, 0.05) is 12.2 Å². The summed E-state index contributed by atoms with van der Waals surface area (Å²) >= 11 is 1.54. The molecule has 4 aromatic rings. The molecular formula is C25H28N4O2S. The number of thiazole rings is 1. The topological polar surface area (TPSA) is 60.2 Å². The molecule has 2 aromatic heterocycles. The first-order valence-electron chi connectivity index (χ1n) is 10.8. The Morgan fingerprint density at radius 3 is 2.59 bits per heavy atom. The van der Waals surface area contributed by atoms with Crippen LogP contribution in [0.5, 0.6) is 5.75 Å². The predicted molar refractivity (Wildman–Crippen MR) is 130 cm³/mol. The quantitative estimate of drug-likeness (QED) is 0.365. The van der Waals surface area contributed by atoms with Gasteiger partial charge in [0.25, 0.3) is 5.91 Å². The highest BCUT2D eigenvalue weighted by molar-refractivity contribution is 7.22. The van der Waals surface area contributed by atoms with E-state index in [1.54, 1.807) is 16.2 Å². The molecule has 6 nitrogen and oxygen atoms in total. The fraction of sp³-hybridized carbons (Fsp3) is 0.320. The highest BCUT2D eigenvalue weighted by Gasteiger charge is 2.22. The molecule has 0 saturated carbocycles. The molecule has 0 unspecified atom stereocenters. The lowest BCUT2D eigenvalue weighted by molar-refractivity contribution is -0.120. The molecule has 7 heteroatoms. The van der Waals surface area contributed by atoms with Crippen molar-refractivity contribution in [3.63, 3.8) is 0 Å².